The van der Waals surface area contributed by atoms with E-state index < -0.39 is 13.8 Å². The number of carbonyl (C=O) groups excluding carboxylic acids is 1. The molecule has 0 aromatic carbocycles. The molecule has 0 radical (unpaired) electrons. The van der Waals surface area contributed by atoms with Gasteiger partial charge >= 0.3 is 13.8 Å². The Morgan fingerprint density at radius 2 is 2.11 bits per heavy atom. The molecule has 0 heterocycles. The summed E-state index contributed by atoms with van der Waals surface area (Å²) in [6, 6.07) is 0. The normalized spacial score (nSPS) is 8.44. The molecule has 0 aliphatic heterocycles. The second-order valence-electron chi connectivity index (χ2n) is 1.22. The Hall–Kier alpha value is -0.830. The van der Waals surface area contributed by atoms with E-state index in [1.165, 1.54) is 0 Å². The maximum absolute atomic E-state index is 9.79. The monoisotopic (exact) mass is 151 g/mol. The van der Waals surface area contributed by atoms with Gasteiger partial charge in [-0.2, -0.15) is 0 Å². The number of hydrogen-bond acceptors (Lipinski definition) is 4. The van der Waals surface area contributed by atoms with Crippen LogP contribution in [0.1, 0.15) is 0 Å². The Morgan fingerprint density at radius 3 is 2.44 bits per heavy atom. The zero-order valence-electron chi connectivity index (χ0n) is 4.57. The summed E-state index contributed by atoms with van der Waals surface area (Å²) in [5.74, 6) is 0. The van der Waals surface area contributed by atoms with Crippen molar-refractivity contribution in [3.8, 4) is 0 Å². The molecular weight excluding hydrogens is 145 g/mol. The lowest BCUT2D eigenvalue weighted by Gasteiger charge is -1.92. The highest BCUT2D eigenvalue weighted by molar-refractivity contribution is 7.30. The van der Waals surface area contributed by atoms with Crippen LogP contribution in [0.15, 0.2) is 0 Å². The van der Waals surface area contributed by atoms with Crippen molar-refractivity contribution < 1.29 is 18.7 Å². The lowest BCUT2D eigenvalue weighted by molar-refractivity contribution is 0.163. The Kier molecular flexibility index (Phi) is 3.71. The highest BCUT2D eigenvalue weighted by atomic mass is 31.1. The summed E-state index contributed by atoms with van der Waals surface area (Å²) in [6.45, 7) is -0.159. The summed E-state index contributed by atoms with van der Waals surface area (Å²) < 4.78 is 23.7. The first-order valence-corrected chi connectivity index (χ1v) is 3.53. The van der Waals surface area contributed by atoms with Crippen LogP contribution >= 0.6 is 7.68 Å². The average Bonchev–Trinajstić information content (AvgIpc) is 1.63. The molecule has 0 saturated carbocycles. The zero-order chi connectivity index (χ0) is 7.28. The minimum absolute atomic E-state index is 0.159. The van der Waals surface area contributed by atoms with Gasteiger partial charge in [-0.3, -0.25) is 0 Å². The average molecular weight is 151 g/mol. The van der Waals surface area contributed by atoms with Gasteiger partial charge in [0.15, 0.2) is 0 Å². The predicted octanol–water partition coefficient (Wildman–Crippen LogP) is 0.255. The molecule has 0 aliphatic carbocycles. The van der Waals surface area contributed by atoms with E-state index in [9.17, 15) is 13.9 Å². The Balaban J connectivity index is 3.21. The van der Waals surface area contributed by atoms with Crippen molar-refractivity contribution in [2.75, 3.05) is 12.8 Å². The minimum atomic E-state index is -2.46. The fourth-order valence-corrected chi connectivity index (χ4v) is 0.461. The Bertz CT molecular complexity index is 155. The molecular formula is C3H6NO4P. The number of amides is 1. The second-order valence-corrected chi connectivity index (χ2v) is 2.34. The standard InChI is InChI=1S/C3H6NO4P/c4-3(5)8-1-2-9(6)7/h1-2H2,(H2,4,5). The second kappa shape index (κ2) is 4.09. The highest BCUT2D eigenvalue weighted by Gasteiger charge is 1.94. The molecule has 0 aromatic heterocycles. The largest absolute Gasteiger partial charge is 0.449 e. The van der Waals surface area contributed by atoms with E-state index >= 15 is 0 Å². The highest BCUT2D eigenvalue weighted by Crippen LogP contribution is 1.99. The summed E-state index contributed by atoms with van der Waals surface area (Å²) in [6.07, 6.45) is -1.12. The molecule has 0 rings (SSSR count). The van der Waals surface area contributed by atoms with Gasteiger partial charge in [-0.15, -0.1) is 0 Å². The van der Waals surface area contributed by atoms with Crippen LogP contribution in [0, 0.1) is 0 Å². The third-order valence-corrected chi connectivity index (χ3v) is 1.07. The van der Waals surface area contributed by atoms with Crippen LogP contribution in [-0.4, -0.2) is 18.9 Å². The maximum Gasteiger partial charge on any atom is 0.404 e. The van der Waals surface area contributed by atoms with Crippen molar-refractivity contribution in [1.82, 2.24) is 0 Å². The lowest BCUT2D eigenvalue weighted by atomic mass is 10.8. The minimum Gasteiger partial charge on any atom is -0.449 e. The van der Waals surface area contributed by atoms with Crippen molar-refractivity contribution >= 4 is 13.8 Å². The van der Waals surface area contributed by atoms with Crippen LogP contribution in [0.5, 0.6) is 0 Å². The molecule has 0 aromatic rings. The van der Waals surface area contributed by atoms with Crippen molar-refractivity contribution in [3.05, 3.63) is 0 Å². The van der Waals surface area contributed by atoms with Gasteiger partial charge in [0.1, 0.15) is 6.61 Å². The van der Waals surface area contributed by atoms with E-state index in [2.05, 4.69) is 10.5 Å². The van der Waals surface area contributed by atoms with Gasteiger partial charge in [0.25, 0.3) is 0 Å². The van der Waals surface area contributed by atoms with Crippen molar-refractivity contribution in [1.29, 1.82) is 0 Å². The molecule has 0 unspecified atom stereocenters. The molecule has 0 bridgehead atoms. The fourth-order valence-electron chi connectivity index (χ4n) is 0.221. The van der Waals surface area contributed by atoms with Crippen molar-refractivity contribution in [2.24, 2.45) is 5.73 Å². The van der Waals surface area contributed by atoms with E-state index in [0.717, 1.165) is 0 Å². The quantitative estimate of drug-likeness (QED) is 0.586. The maximum atomic E-state index is 9.79. The van der Waals surface area contributed by atoms with Crippen LogP contribution in [-0.2, 0) is 13.9 Å². The van der Waals surface area contributed by atoms with Gasteiger partial charge in [-0.1, -0.05) is 0 Å². The number of rotatable bonds is 3. The number of hydrogen-bond donors (Lipinski definition) is 1. The molecule has 9 heavy (non-hydrogen) atoms. The van der Waals surface area contributed by atoms with E-state index in [1.54, 1.807) is 0 Å². The van der Waals surface area contributed by atoms with E-state index in [-0.39, 0.29) is 12.8 Å². The molecule has 1 amide bonds. The third kappa shape index (κ3) is 7.17. The lowest BCUT2D eigenvalue weighted by Crippen LogP contribution is -2.14. The van der Waals surface area contributed by atoms with Gasteiger partial charge in [0.05, 0.1) is 6.16 Å². The van der Waals surface area contributed by atoms with Gasteiger partial charge in [0.2, 0.25) is 0 Å². The van der Waals surface area contributed by atoms with Gasteiger partial charge in [-0.05, 0) is 0 Å². The predicted molar refractivity (Wildman–Crippen MR) is 28.7 cm³/mol. The summed E-state index contributed by atoms with van der Waals surface area (Å²) >= 11 is 0. The van der Waals surface area contributed by atoms with E-state index in [1.807, 2.05) is 0 Å². The number of nitrogens with two attached hydrogens (primary N) is 1. The zero-order valence-corrected chi connectivity index (χ0v) is 5.47. The smallest absolute Gasteiger partial charge is 0.404 e. The molecule has 0 aliphatic rings. The van der Waals surface area contributed by atoms with E-state index in [0.29, 0.717) is 0 Å². The molecule has 6 heteroatoms. The summed E-state index contributed by atoms with van der Waals surface area (Å²) in [5.41, 5.74) is 4.52. The molecule has 0 spiro atoms. The number of primary amides is 1. The first-order chi connectivity index (χ1) is 4.13. The van der Waals surface area contributed by atoms with Crippen LogP contribution in [0.25, 0.3) is 0 Å². The molecule has 0 saturated heterocycles. The molecule has 52 valence electrons. The topological polar surface area (TPSA) is 86.5 Å². The van der Waals surface area contributed by atoms with Gasteiger partial charge in [0, 0.05) is 0 Å². The van der Waals surface area contributed by atoms with Gasteiger partial charge < -0.3 is 10.5 Å². The van der Waals surface area contributed by atoms with Crippen molar-refractivity contribution in [3.63, 3.8) is 0 Å². The summed E-state index contributed by atoms with van der Waals surface area (Å²) in [4.78, 5) is 9.78. The molecule has 0 atom stereocenters. The number of ether oxygens (including phenoxy) is 1. The fraction of sp³-hybridized carbons (Fsp3) is 0.667. The van der Waals surface area contributed by atoms with E-state index in [4.69, 9.17) is 0 Å². The summed E-state index contributed by atoms with van der Waals surface area (Å²) in [7, 11) is -2.46. The van der Waals surface area contributed by atoms with Crippen LogP contribution < -0.4 is 5.73 Å². The third-order valence-electron chi connectivity index (χ3n) is 0.518. The van der Waals surface area contributed by atoms with Crippen LogP contribution in [0.4, 0.5) is 4.79 Å². The first kappa shape index (κ1) is 8.17. The van der Waals surface area contributed by atoms with Crippen molar-refractivity contribution in [2.45, 2.75) is 0 Å². The molecule has 5 nitrogen and oxygen atoms in total. The first-order valence-electron chi connectivity index (χ1n) is 2.17. The van der Waals surface area contributed by atoms with Gasteiger partial charge in [-0.25, -0.2) is 13.9 Å². The Morgan fingerprint density at radius 1 is 1.56 bits per heavy atom. The molecule has 2 N–H and O–H groups in total. The SMILES string of the molecule is NC(=O)OCCP(=O)=O. The van der Waals surface area contributed by atoms with Crippen LogP contribution in [0.3, 0.4) is 0 Å². The summed E-state index contributed by atoms with van der Waals surface area (Å²) in [5, 5.41) is 0. The molecule has 0 fully saturated rings. The van der Waals surface area contributed by atoms with Crippen LogP contribution in [0.2, 0.25) is 0 Å². The number of carbonyl (C=O) groups is 1. The Labute approximate surface area is 52.0 Å².